The van der Waals surface area contributed by atoms with Gasteiger partial charge in [-0.2, -0.15) is 0 Å². The number of benzene rings is 1. The molecule has 10 heteroatoms. The van der Waals surface area contributed by atoms with Crippen LogP contribution in [0.1, 0.15) is 24.6 Å². The monoisotopic (exact) mass is 419 g/mol. The Labute approximate surface area is 170 Å². The molecule has 0 spiro atoms. The summed E-state index contributed by atoms with van der Waals surface area (Å²) in [6.45, 7) is 1.71. The summed E-state index contributed by atoms with van der Waals surface area (Å²) in [5.41, 5.74) is 1.24. The molecule has 0 saturated carbocycles. The minimum absolute atomic E-state index is 0.216. The van der Waals surface area contributed by atoms with Crippen molar-refractivity contribution in [3.63, 3.8) is 0 Å². The molecule has 1 aliphatic heterocycles. The van der Waals surface area contributed by atoms with E-state index in [1.165, 1.54) is 12.1 Å². The molecule has 0 radical (unpaired) electrons. The number of hydrogen-bond donors (Lipinski definition) is 1. The van der Waals surface area contributed by atoms with Crippen LogP contribution in [0.15, 0.2) is 48.7 Å². The van der Waals surface area contributed by atoms with Crippen LogP contribution in [0.2, 0.25) is 0 Å². The highest BCUT2D eigenvalue weighted by molar-refractivity contribution is 5.92. The molecule has 7 nitrogen and oxygen atoms in total. The summed E-state index contributed by atoms with van der Waals surface area (Å²) in [5.74, 6) is 0.674. The number of rotatable bonds is 5. The smallest absolute Gasteiger partial charge is 0.406 e. The van der Waals surface area contributed by atoms with Gasteiger partial charge in [-0.15, -0.1) is 23.4 Å². The van der Waals surface area contributed by atoms with E-state index in [0.717, 1.165) is 49.5 Å². The van der Waals surface area contributed by atoms with Crippen LogP contribution < -0.4 is 10.1 Å². The first-order valence-corrected chi connectivity index (χ1v) is 9.55. The Balaban J connectivity index is 1.27. The van der Waals surface area contributed by atoms with Gasteiger partial charge in [-0.1, -0.05) is 6.07 Å². The third-order valence-corrected chi connectivity index (χ3v) is 5.03. The van der Waals surface area contributed by atoms with Crippen LogP contribution in [0.5, 0.6) is 5.75 Å². The van der Waals surface area contributed by atoms with E-state index in [-0.39, 0.29) is 24.1 Å². The SMILES string of the molecule is O=C(CN1CCC(c2nnc3ccccn23)CC1)Nc1ccc(OC(F)(F)F)cc1. The third kappa shape index (κ3) is 4.88. The fourth-order valence-electron chi connectivity index (χ4n) is 3.63. The Morgan fingerprint density at radius 2 is 1.83 bits per heavy atom. The molecular formula is C20H20F3N5O2. The van der Waals surface area contributed by atoms with Crippen LogP contribution in [-0.2, 0) is 4.79 Å². The first-order valence-electron chi connectivity index (χ1n) is 9.55. The Morgan fingerprint density at radius 1 is 1.10 bits per heavy atom. The van der Waals surface area contributed by atoms with Crippen LogP contribution in [0, 0.1) is 0 Å². The molecular weight excluding hydrogens is 399 g/mol. The Morgan fingerprint density at radius 3 is 2.53 bits per heavy atom. The molecule has 0 bridgehead atoms. The number of fused-ring (bicyclic) bond motifs is 1. The molecule has 0 unspecified atom stereocenters. The van der Waals surface area contributed by atoms with Gasteiger partial charge in [0.2, 0.25) is 5.91 Å². The highest BCUT2D eigenvalue weighted by Gasteiger charge is 2.31. The number of ether oxygens (including phenoxy) is 1. The number of amides is 1. The fraction of sp³-hybridized carbons (Fsp3) is 0.350. The van der Waals surface area contributed by atoms with Gasteiger partial charge in [0.25, 0.3) is 0 Å². The number of nitrogens with zero attached hydrogens (tertiary/aromatic N) is 4. The summed E-state index contributed by atoms with van der Waals surface area (Å²) in [6, 6.07) is 10.9. The number of alkyl halides is 3. The van der Waals surface area contributed by atoms with Gasteiger partial charge in [-0.05, 0) is 62.3 Å². The van der Waals surface area contributed by atoms with Gasteiger partial charge in [0.15, 0.2) is 5.65 Å². The van der Waals surface area contributed by atoms with E-state index < -0.39 is 6.36 Å². The van der Waals surface area contributed by atoms with Gasteiger partial charge in [0.1, 0.15) is 11.6 Å². The number of nitrogens with one attached hydrogen (secondary N) is 1. The number of likely N-dealkylation sites (tertiary alicyclic amines) is 1. The van der Waals surface area contributed by atoms with Gasteiger partial charge in [0, 0.05) is 17.8 Å². The molecule has 0 aliphatic carbocycles. The lowest BCUT2D eigenvalue weighted by molar-refractivity contribution is -0.274. The van der Waals surface area contributed by atoms with Crippen molar-refractivity contribution in [2.45, 2.75) is 25.1 Å². The van der Waals surface area contributed by atoms with E-state index in [0.29, 0.717) is 5.69 Å². The second kappa shape index (κ2) is 8.31. The lowest BCUT2D eigenvalue weighted by Gasteiger charge is -2.30. The van der Waals surface area contributed by atoms with Crippen molar-refractivity contribution in [2.24, 2.45) is 0 Å². The number of aromatic nitrogens is 3. The van der Waals surface area contributed by atoms with E-state index >= 15 is 0 Å². The summed E-state index contributed by atoms with van der Waals surface area (Å²) in [6.07, 6.45) is -1.05. The Bertz CT molecular complexity index is 1010. The van der Waals surface area contributed by atoms with E-state index in [2.05, 4.69) is 25.2 Å². The number of hydrogen-bond acceptors (Lipinski definition) is 5. The molecule has 1 amide bonds. The lowest BCUT2D eigenvalue weighted by atomic mass is 9.96. The second-order valence-corrected chi connectivity index (χ2v) is 7.16. The quantitative estimate of drug-likeness (QED) is 0.686. The average molecular weight is 419 g/mol. The van der Waals surface area contributed by atoms with Gasteiger partial charge in [0.05, 0.1) is 6.54 Å². The van der Waals surface area contributed by atoms with Gasteiger partial charge in [-0.3, -0.25) is 14.1 Å². The van der Waals surface area contributed by atoms with Crippen LogP contribution in [-0.4, -0.2) is 51.4 Å². The molecule has 3 aromatic rings. The van der Waals surface area contributed by atoms with Crippen molar-refractivity contribution in [1.29, 1.82) is 0 Å². The molecule has 3 heterocycles. The standard InChI is InChI=1S/C20H20F3N5O2/c21-20(22,23)30-16-6-4-15(5-7-16)24-18(29)13-27-11-8-14(9-12-27)19-26-25-17-3-1-2-10-28(17)19/h1-7,10,14H,8-9,11-13H2,(H,24,29). The van der Waals surface area contributed by atoms with Gasteiger partial charge in [-0.25, -0.2) is 0 Å². The minimum atomic E-state index is -4.74. The van der Waals surface area contributed by atoms with Crippen molar-refractivity contribution in [3.8, 4) is 5.75 Å². The largest absolute Gasteiger partial charge is 0.573 e. The summed E-state index contributed by atoms with van der Waals surface area (Å²) < 4.78 is 42.4. The topological polar surface area (TPSA) is 71.8 Å². The second-order valence-electron chi connectivity index (χ2n) is 7.16. The maximum atomic E-state index is 12.3. The summed E-state index contributed by atoms with van der Waals surface area (Å²) in [4.78, 5) is 14.3. The van der Waals surface area contributed by atoms with Crippen molar-refractivity contribution >= 4 is 17.2 Å². The van der Waals surface area contributed by atoms with Crippen molar-refractivity contribution in [2.75, 3.05) is 25.0 Å². The van der Waals surface area contributed by atoms with E-state index in [9.17, 15) is 18.0 Å². The first kappa shape index (κ1) is 20.1. The molecule has 4 rings (SSSR count). The minimum Gasteiger partial charge on any atom is -0.406 e. The number of anilines is 1. The first-order chi connectivity index (χ1) is 14.4. The fourth-order valence-corrected chi connectivity index (χ4v) is 3.63. The average Bonchev–Trinajstić information content (AvgIpc) is 3.13. The normalized spacial score (nSPS) is 16.0. The molecule has 1 N–H and O–H groups in total. The van der Waals surface area contributed by atoms with Crippen LogP contribution in [0.3, 0.4) is 0 Å². The zero-order valence-corrected chi connectivity index (χ0v) is 16.0. The highest BCUT2D eigenvalue weighted by atomic mass is 19.4. The van der Waals surface area contributed by atoms with Gasteiger partial charge < -0.3 is 10.1 Å². The molecule has 1 aliphatic rings. The van der Waals surface area contributed by atoms with E-state index in [4.69, 9.17) is 0 Å². The van der Waals surface area contributed by atoms with Gasteiger partial charge >= 0.3 is 6.36 Å². The summed E-state index contributed by atoms with van der Waals surface area (Å²) in [7, 11) is 0. The predicted molar refractivity (Wildman–Crippen MR) is 103 cm³/mol. The maximum absolute atomic E-state index is 12.3. The molecule has 1 aromatic carbocycles. The molecule has 158 valence electrons. The number of halogens is 3. The Hall–Kier alpha value is -3.14. The zero-order valence-electron chi connectivity index (χ0n) is 16.0. The van der Waals surface area contributed by atoms with Crippen LogP contribution >= 0.6 is 0 Å². The molecule has 1 fully saturated rings. The van der Waals surface area contributed by atoms with Crippen molar-refractivity contribution < 1.29 is 22.7 Å². The molecule has 0 atom stereocenters. The number of pyridine rings is 1. The van der Waals surface area contributed by atoms with Crippen molar-refractivity contribution in [1.82, 2.24) is 19.5 Å². The Kier molecular flexibility index (Phi) is 5.58. The predicted octanol–water partition coefficient (Wildman–Crippen LogP) is 3.45. The number of piperidine rings is 1. The summed E-state index contributed by atoms with van der Waals surface area (Å²) in [5, 5.41) is 11.2. The van der Waals surface area contributed by atoms with Crippen LogP contribution in [0.25, 0.3) is 5.65 Å². The number of carbonyl (C=O) groups excluding carboxylic acids is 1. The van der Waals surface area contributed by atoms with Crippen molar-refractivity contribution in [3.05, 3.63) is 54.5 Å². The molecule has 1 saturated heterocycles. The van der Waals surface area contributed by atoms with Crippen LogP contribution in [0.4, 0.5) is 18.9 Å². The van der Waals surface area contributed by atoms with E-state index in [1.54, 1.807) is 0 Å². The lowest BCUT2D eigenvalue weighted by Crippen LogP contribution is -2.39. The maximum Gasteiger partial charge on any atom is 0.573 e. The van der Waals surface area contributed by atoms with E-state index in [1.807, 2.05) is 28.8 Å². The summed E-state index contributed by atoms with van der Waals surface area (Å²) >= 11 is 0. The molecule has 30 heavy (non-hydrogen) atoms. The highest BCUT2D eigenvalue weighted by Crippen LogP contribution is 2.27. The zero-order chi connectivity index (χ0) is 21.1. The third-order valence-electron chi connectivity index (χ3n) is 5.03. The molecule has 2 aromatic heterocycles. The number of carbonyl (C=O) groups is 1.